The van der Waals surface area contributed by atoms with Gasteiger partial charge in [0.05, 0.1) is 17.4 Å². The molecule has 34 heavy (non-hydrogen) atoms. The molecule has 2 N–H and O–H groups in total. The minimum Gasteiger partial charge on any atom is -0.366 e. The van der Waals surface area contributed by atoms with Crippen molar-refractivity contribution in [3.05, 3.63) is 54.0 Å². The number of pyridine rings is 2. The lowest BCUT2D eigenvalue weighted by Crippen LogP contribution is -2.18. The summed E-state index contributed by atoms with van der Waals surface area (Å²) in [5.74, 6) is 0.700. The fourth-order valence-electron chi connectivity index (χ4n) is 3.96. The molecule has 1 aliphatic carbocycles. The van der Waals surface area contributed by atoms with Crippen molar-refractivity contribution < 1.29 is 13.2 Å². The van der Waals surface area contributed by atoms with Crippen LogP contribution in [0.15, 0.2) is 42.9 Å². The lowest BCUT2D eigenvalue weighted by molar-refractivity contribution is -0.137. The van der Waals surface area contributed by atoms with Gasteiger partial charge in [0.2, 0.25) is 0 Å². The number of rotatable bonds is 5. The second-order valence-electron chi connectivity index (χ2n) is 8.25. The van der Waals surface area contributed by atoms with E-state index in [1.165, 1.54) is 12.4 Å². The zero-order valence-electron chi connectivity index (χ0n) is 18.3. The molecule has 4 heterocycles. The number of nitrogens with one attached hydrogen (secondary N) is 2. The first-order chi connectivity index (χ1) is 16.4. The molecule has 1 saturated carbocycles. The fraction of sp³-hybridized carbons (Fsp3) is 0.304. The van der Waals surface area contributed by atoms with Crippen LogP contribution < -0.4 is 10.6 Å². The molecule has 4 aromatic rings. The summed E-state index contributed by atoms with van der Waals surface area (Å²) < 4.78 is 41.7. The monoisotopic (exact) mass is 466 g/mol. The Morgan fingerprint density at radius 1 is 0.941 bits per heavy atom. The Kier molecular flexibility index (Phi) is 5.68. The Bertz CT molecular complexity index is 1320. The van der Waals surface area contributed by atoms with Gasteiger partial charge < -0.3 is 10.6 Å². The van der Waals surface area contributed by atoms with Gasteiger partial charge in [0.25, 0.3) is 0 Å². The van der Waals surface area contributed by atoms with Crippen molar-refractivity contribution in [2.45, 2.75) is 44.8 Å². The van der Waals surface area contributed by atoms with Crippen molar-refractivity contribution in [1.29, 1.82) is 0 Å². The molecule has 174 valence electrons. The number of anilines is 3. The summed E-state index contributed by atoms with van der Waals surface area (Å²) in [7, 11) is 0. The van der Waals surface area contributed by atoms with E-state index in [0.717, 1.165) is 37.3 Å². The van der Waals surface area contributed by atoms with Crippen LogP contribution >= 0.6 is 0 Å². The highest BCUT2D eigenvalue weighted by Crippen LogP contribution is 2.37. The summed E-state index contributed by atoms with van der Waals surface area (Å²) in [6.07, 6.45) is 3.74. The van der Waals surface area contributed by atoms with E-state index in [4.69, 9.17) is 0 Å². The lowest BCUT2D eigenvalue weighted by Gasteiger charge is -2.16. The number of aryl methyl sites for hydroxylation is 1. The first kappa shape index (κ1) is 21.9. The molecule has 0 spiro atoms. The average molecular weight is 466 g/mol. The summed E-state index contributed by atoms with van der Waals surface area (Å²) in [5.41, 5.74) is 0.804. The van der Waals surface area contributed by atoms with Gasteiger partial charge in [-0.15, -0.1) is 10.2 Å². The first-order valence-corrected chi connectivity index (χ1v) is 10.9. The molecule has 0 aromatic carbocycles. The molecule has 0 bridgehead atoms. The molecule has 0 amide bonds. The molecular formula is C23H21F3N8. The summed E-state index contributed by atoms with van der Waals surface area (Å²) in [6.45, 7) is 1.93. The maximum absolute atomic E-state index is 13.9. The maximum atomic E-state index is 13.9. The van der Waals surface area contributed by atoms with E-state index >= 15 is 0 Å². The van der Waals surface area contributed by atoms with Crippen LogP contribution in [0.5, 0.6) is 0 Å². The molecule has 4 aromatic heterocycles. The van der Waals surface area contributed by atoms with Crippen molar-refractivity contribution in [3.63, 3.8) is 0 Å². The number of aromatic nitrogens is 6. The molecule has 5 rings (SSSR count). The highest BCUT2D eigenvalue weighted by atomic mass is 19.4. The number of hydrogen-bond acceptors (Lipinski definition) is 8. The molecule has 0 atom stereocenters. The zero-order valence-corrected chi connectivity index (χ0v) is 18.3. The third-order valence-corrected chi connectivity index (χ3v) is 5.67. The van der Waals surface area contributed by atoms with Crippen LogP contribution in [0.2, 0.25) is 0 Å². The quantitative estimate of drug-likeness (QED) is 0.409. The molecule has 0 aliphatic heterocycles. The minimum absolute atomic E-state index is 0.0575. The first-order valence-electron chi connectivity index (χ1n) is 10.9. The number of halogens is 3. The summed E-state index contributed by atoms with van der Waals surface area (Å²) in [6, 6.07) is 6.52. The maximum Gasteiger partial charge on any atom is 0.418 e. The highest BCUT2D eigenvalue weighted by Gasteiger charge is 2.36. The van der Waals surface area contributed by atoms with Gasteiger partial charge in [0.15, 0.2) is 5.65 Å². The van der Waals surface area contributed by atoms with Crippen LogP contribution in [0.1, 0.15) is 36.8 Å². The SMILES string of the molecule is Cc1ccc(Nc2ccnc3nc(-c4nnc(NC5CCCC5)cc4C(F)(F)F)cnc23)nc1. The predicted octanol–water partition coefficient (Wildman–Crippen LogP) is 5.30. The third-order valence-electron chi connectivity index (χ3n) is 5.67. The Balaban J connectivity index is 1.50. The summed E-state index contributed by atoms with van der Waals surface area (Å²) in [4.78, 5) is 17.1. The van der Waals surface area contributed by atoms with Crippen LogP contribution in [0.3, 0.4) is 0 Å². The van der Waals surface area contributed by atoms with Crippen molar-refractivity contribution >= 4 is 28.5 Å². The molecule has 0 saturated heterocycles. The number of nitrogens with zero attached hydrogens (tertiary/aromatic N) is 6. The van der Waals surface area contributed by atoms with E-state index in [0.29, 0.717) is 17.0 Å². The topological polar surface area (TPSA) is 101 Å². The van der Waals surface area contributed by atoms with Crippen molar-refractivity contribution in [2.75, 3.05) is 10.6 Å². The summed E-state index contributed by atoms with van der Waals surface area (Å²) >= 11 is 0. The van der Waals surface area contributed by atoms with Gasteiger partial charge in [-0.05, 0) is 43.5 Å². The zero-order chi connectivity index (χ0) is 23.7. The van der Waals surface area contributed by atoms with Crippen molar-refractivity contribution in [1.82, 2.24) is 30.1 Å². The number of alkyl halides is 3. The molecule has 0 unspecified atom stereocenters. The second-order valence-corrected chi connectivity index (χ2v) is 8.25. The lowest BCUT2D eigenvalue weighted by atomic mass is 10.1. The van der Waals surface area contributed by atoms with E-state index in [9.17, 15) is 13.2 Å². The average Bonchev–Trinajstić information content (AvgIpc) is 3.33. The fourth-order valence-corrected chi connectivity index (χ4v) is 3.96. The Labute approximate surface area is 193 Å². The molecule has 11 heteroatoms. The smallest absolute Gasteiger partial charge is 0.366 e. The van der Waals surface area contributed by atoms with Gasteiger partial charge in [-0.1, -0.05) is 18.9 Å². The third kappa shape index (κ3) is 4.59. The Morgan fingerprint density at radius 3 is 2.50 bits per heavy atom. The van der Waals surface area contributed by atoms with Crippen LogP contribution in [-0.4, -0.2) is 36.2 Å². The minimum atomic E-state index is -4.64. The van der Waals surface area contributed by atoms with Crippen LogP contribution in [0, 0.1) is 6.92 Å². The van der Waals surface area contributed by atoms with Crippen LogP contribution in [-0.2, 0) is 6.18 Å². The van der Waals surface area contributed by atoms with E-state index in [2.05, 4.69) is 40.8 Å². The Morgan fingerprint density at radius 2 is 1.76 bits per heavy atom. The molecular weight excluding hydrogens is 445 g/mol. The van der Waals surface area contributed by atoms with Gasteiger partial charge in [-0.25, -0.2) is 19.9 Å². The van der Waals surface area contributed by atoms with Crippen molar-refractivity contribution in [3.8, 4) is 11.4 Å². The van der Waals surface area contributed by atoms with E-state index < -0.39 is 11.7 Å². The molecule has 8 nitrogen and oxygen atoms in total. The van der Waals surface area contributed by atoms with E-state index in [1.807, 2.05) is 19.1 Å². The molecule has 0 radical (unpaired) electrons. The van der Waals surface area contributed by atoms with Gasteiger partial charge in [0.1, 0.15) is 28.5 Å². The van der Waals surface area contributed by atoms with Crippen LogP contribution in [0.25, 0.3) is 22.6 Å². The van der Waals surface area contributed by atoms with E-state index in [1.54, 1.807) is 12.3 Å². The largest absolute Gasteiger partial charge is 0.418 e. The van der Waals surface area contributed by atoms with E-state index in [-0.39, 0.29) is 28.9 Å². The molecule has 1 aliphatic rings. The molecule has 1 fully saturated rings. The van der Waals surface area contributed by atoms with Gasteiger partial charge in [0, 0.05) is 18.4 Å². The van der Waals surface area contributed by atoms with Crippen LogP contribution in [0.4, 0.5) is 30.5 Å². The standard InChI is InChI=1S/C23H21F3N8/c1-13-6-7-18(28-11-13)31-16-8-9-27-22-21(16)29-12-17(32-22)20-15(23(24,25)26)10-19(33-34-20)30-14-4-2-3-5-14/h6-12,14H,2-5H2,1H3,(H,30,33)(H,27,28,31,32). The number of fused-ring (bicyclic) bond motifs is 1. The van der Waals surface area contributed by atoms with Crippen molar-refractivity contribution in [2.24, 2.45) is 0 Å². The number of hydrogen-bond donors (Lipinski definition) is 2. The highest BCUT2D eigenvalue weighted by molar-refractivity contribution is 5.87. The second kappa shape index (κ2) is 8.81. The van der Waals surface area contributed by atoms with Gasteiger partial charge in [-0.2, -0.15) is 13.2 Å². The summed E-state index contributed by atoms with van der Waals surface area (Å²) in [5, 5.41) is 14.1. The van der Waals surface area contributed by atoms with Gasteiger partial charge >= 0.3 is 6.18 Å². The van der Waals surface area contributed by atoms with Gasteiger partial charge in [-0.3, -0.25) is 0 Å². The predicted molar refractivity (Wildman–Crippen MR) is 121 cm³/mol. The normalized spacial score (nSPS) is 14.5. The Hall–Kier alpha value is -3.89.